The second-order valence-electron chi connectivity index (χ2n) is 8.07. The summed E-state index contributed by atoms with van der Waals surface area (Å²) < 4.78 is 28.0. The van der Waals surface area contributed by atoms with Crippen molar-refractivity contribution >= 4 is 26.8 Å². The standard InChI is InChI=1S/C21H28N4O3S/c1-16-13-17-5-4-8-19(21(17)22-14-16)29(27,28)25-11-9-24(10-12-25)15-20(26)23-18-6-2-3-7-18/h4-5,8,13-14,18H,2-3,6-7,9-12,15H2,1H3,(H,23,26). The number of carbonyl (C=O) groups excluding carboxylic acids is 1. The van der Waals surface area contributed by atoms with Gasteiger partial charge in [0, 0.05) is 43.8 Å². The molecule has 2 fully saturated rings. The van der Waals surface area contributed by atoms with Crippen molar-refractivity contribution in [3.63, 3.8) is 0 Å². The van der Waals surface area contributed by atoms with Crippen molar-refractivity contribution in [1.29, 1.82) is 0 Å². The number of hydrogen-bond acceptors (Lipinski definition) is 5. The Hall–Kier alpha value is -2.03. The minimum Gasteiger partial charge on any atom is -0.352 e. The third-order valence-corrected chi connectivity index (χ3v) is 7.78. The van der Waals surface area contributed by atoms with Crippen LogP contribution in [0.25, 0.3) is 10.9 Å². The molecule has 1 saturated carbocycles. The van der Waals surface area contributed by atoms with Gasteiger partial charge in [-0.3, -0.25) is 14.7 Å². The van der Waals surface area contributed by atoms with E-state index in [1.807, 2.05) is 24.0 Å². The molecule has 0 atom stereocenters. The summed E-state index contributed by atoms with van der Waals surface area (Å²) in [6.07, 6.45) is 6.20. The lowest BCUT2D eigenvalue weighted by Crippen LogP contribution is -2.51. The summed E-state index contributed by atoms with van der Waals surface area (Å²) in [4.78, 5) is 18.9. The van der Waals surface area contributed by atoms with Crippen LogP contribution in [0.5, 0.6) is 0 Å². The van der Waals surface area contributed by atoms with Crippen molar-refractivity contribution in [1.82, 2.24) is 19.5 Å². The van der Waals surface area contributed by atoms with Crippen LogP contribution in [0.3, 0.4) is 0 Å². The molecule has 1 amide bonds. The van der Waals surface area contributed by atoms with Crippen LogP contribution in [0, 0.1) is 6.92 Å². The van der Waals surface area contributed by atoms with Crippen LogP contribution in [0.2, 0.25) is 0 Å². The lowest BCUT2D eigenvalue weighted by atomic mass is 10.2. The first-order valence-corrected chi connectivity index (χ1v) is 11.7. The summed E-state index contributed by atoms with van der Waals surface area (Å²) in [5, 5.41) is 3.92. The lowest BCUT2D eigenvalue weighted by molar-refractivity contribution is -0.123. The molecule has 7 nitrogen and oxygen atoms in total. The van der Waals surface area contributed by atoms with Gasteiger partial charge >= 0.3 is 0 Å². The molecular formula is C21H28N4O3S. The van der Waals surface area contributed by atoms with Gasteiger partial charge in [-0.15, -0.1) is 0 Å². The molecule has 2 aliphatic rings. The summed E-state index contributed by atoms with van der Waals surface area (Å²) >= 11 is 0. The average Bonchev–Trinajstić information content (AvgIpc) is 3.20. The van der Waals surface area contributed by atoms with E-state index < -0.39 is 10.0 Å². The van der Waals surface area contributed by atoms with Gasteiger partial charge in [0.05, 0.1) is 12.1 Å². The van der Waals surface area contributed by atoms with Crippen LogP contribution < -0.4 is 5.32 Å². The Labute approximate surface area is 172 Å². The summed E-state index contributed by atoms with van der Waals surface area (Å²) in [5.74, 6) is 0.0434. The molecular weight excluding hydrogens is 388 g/mol. The molecule has 1 saturated heterocycles. The molecule has 2 heterocycles. The van der Waals surface area contributed by atoms with Gasteiger partial charge < -0.3 is 5.32 Å². The zero-order valence-electron chi connectivity index (χ0n) is 16.8. The average molecular weight is 417 g/mol. The number of hydrogen-bond donors (Lipinski definition) is 1. The summed E-state index contributed by atoms with van der Waals surface area (Å²) in [6, 6.07) is 7.53. The molecule has 2 aromatic rings. The van der Waals surface area contributed by atoms with E-state index in [9.17, 15) is 13.2 Å². The Morgan fingerprint density at radius 1 is 1.17 bits per heavy atom. The van der Waals surface area contributed by atoms with Crippen LogP contribution in [0.4, 0.5) is 0 Å². The van der Waals surface area contributed by atoms with E-state index in [4.69, 9.17) is 0 Å². The number of aryl methyl sites for hydroxylation is 1. The molecule has 0 bridgehead atoms. The topological polar surface area (TPSA) is 82.6 Å². The molecule has 1 aliphatic heterocycles. The van der Waals surface area contributed by atoms with Crippen molar-refractivity contribution in [3.05, 3.63) is 36.0 Å². The number of aromatic nitrogens is 1. The van der Waals surface area contributed by atoms with Crippen molar-refractivity contribution in [3.8, 4) is 0 Å². The first kappa shape index (κ1) is 20.3. The molecule has 1 N–H and O–H groups in total. The molecule has 1 aliphatic carbocycles. The minimum absolute atomic E-state index is 0.0434. The Kier molecular flexibility index (Phi) is 5.85. The third-order valence-electron chi connectivity index (χ3n) is 5.85. The van der Waals surface area contributed by atoms with E-state index in [0.717, 1.165) is 23.8 Å². The van der Waals surface area contributed by atoms with Gasteiger partial charge in [0.15, 0.2) is 0 Å². The number of benzene rings is 1. The zero-order chi connectivity index (χ0) is 20.4. The number of para-hydroxylation sites is 1. The van der Waals surface area contributed by atoms with E-state index in [1.165, 1.54) is 17.1 Å². The van der Waals surface area contributed by atoms with E-state index in [-0.39, 0.29) is 10.8 Å². The highest BCUT2D eigenvalue weighted by atomic mass is 32.2. The lowest BCUT2D eigenvalue weighted by Gasteiger charge is -2.33. The Bertz CT molecular complexity index is 994. The van der Waals surface area contributed by atoms with Crippen LogP contribution in [0.1, 0.15) is 31.2 Å². The van der Waals surface area contributed by atoms with Crippen LogP contribution in [-0.4, -0.2) is 67.3 Å². The number of nitrogens with zero attached hydrogens (tertiary/aromatic N) is 3. The van der Waals surface area contributed by atoms with E-state index in [2.05, 4.69) is 10.3 Å². The Morgan fingerprint density at radius 2 is 1.90 bits per heavy atom. The fraction of sp³-hybridized carbons (Fsp3) is 0.524. The van der Waals surface area contributed by atoms with Crippen LogP contribution in [-0.2, 0) is 14.8 Å². The fourth-order valence-corrected chi connectivity index (χ4v) is 5.85. The highest BCUT2D eigenvalue weighted by Crippen LogP contribution is 2.25. The van der Waals surface area contributed by atoms with Gasteiger partial charge in [-0.25, -0.2) is 8.42 Å². The van der Waals surface area contributed by atoms with Crippen molar-refractivity contribution < 1.29 is 13.2 Å². The normalized spacial score (nSPS) is 19.6. The van der Waals surface area contributed by atoms with Gasteiger partial charge in [0.25, 0.3) is 0 Å². The van der Waals surface area contributed by atoms with Gasteiger partial charge in [0.1, 0.15) is 4.90 Å². The number of amides is 1. The Morgan fingerprint density at radius 3 is 2.62 bits per heavy atom. The zero-order valence-corrected chi connectivity index (χ0v) is 17.6. The molecule has 1 aromatic heterocycles. The molecule has 29 heavy (non-hydrogen) atoms. The summed E-state index contributed by atoms with van der Waals surface area (Å²) in [7, 11) is -3.63. The molecule has 156 valence electrons. The molecule has 1 aromatic carbocycles. The smallest absolute Gasteiger partial charge is 0.245 e. The Balaban J connectivity index is 1.41. The summed E-state index contributed by atoms with van der Waals surface area (Å²) in [6.45, 7) is 4.13. The number of sulfonamides is 1. The number of piperazine rings is 1. The quantitative estimate of drug-likeness (QED) is 0.805. The fourth-order valence-electron chi connectivity index (χ4n) is 4.26. The van der Waals surface area contributed by atoms with E-state index in [1.54, 1.807) is 18.3 Å². The molecule has 8 heteroatoms. The second kappa shape index (κ2) is 8.38. The number of fused-ring (bicyclic) bond motifs is 1. The second-order valence-corrected chi connectivity index (χ2v) is 9.98. The summed E-state index contributed by atoms with van der Waals surface area (Å²) in [5.41, 5.74) is 1.51. The highest BCUT2D eigenvalue weighted by Gasteiger charge is 2.31. The van der Waals surface area contributed by atoms with Crippen molar-refractivity contribution in [2.24, 2.45) is 0 Å². The van der Waals surface area contributed by atoms with E-state index in [0.29, 0.717) is 44.3 Å². The van der Waals surface area contributed by atoms with Crippen LogP contribution in [0.15, 0.2) is 35.4 Å². The maximum Gasteiger partial charge on any atom is 0.245 e. The van der Waals surface area contributed by atoms with Gasteiger partial charge in [-0.2, -0.15) is 4.31 Å². The SMILES string of the molecule is Cc1cnc2c(S(=O)(=O)N3CCN(CC(=O)NC4CCCC4)CC3)cccc2c1. The van der Waals surface area contributed by atoms with Gasteiger partial charge in [-0.05, 0) is 37.5 Å². The third kappa shape index (κ3) is 4.44. The maximum absolute atomic E-state index is 13.2. The maximum atomic E-state index is 13.2. The molecule has 0 spiro atoms. The first-order valence-electron chi connectivity index (χ1n) is 10.3. The van der Waals surface area contributed by atoms with Crippen molar-refractivity contribution in [2.45, 2.75) is 43.5 Å². The number of rotatable bonds is 5. The highest BCUT2D eigenvalue weighted by molar-refractivity contribution is 7.89. The molecule has 0 unspecified atom stereocenters. The number of pyridine rings is 1. The van der Waals surface area contributed by atoms with Crippen LogP contribution >= 0.6 is 0 Å². The minimum atomic E-state index is -3.63. The number of carbonyl (C=O) groups is 1. The molecule has 0 radical (unpaired) electrons. The number of nitrogens with one attached hydrogen (secondary N) is 1. The van der Waals surface area contributed by atoms with E-state index >= 15 is 0 Å². The monoisotopic (exact) mass is 416 g/mol. The predicted molar refractivity (Wildman–Crippen MR) is 112 cm³/mol. The van der Waals surface area contributed by atoms with Gasteiger partial charge in [0.2, 0.25) is 15.9 Å². The molecule has 4 rings (SSSR count). The predicted octanol–water partition coefficient (Wildman–Crippen LogP) is 1.91. The largest absolute Gasteiger partial charge is 0.352 e. The van der Waals surface area contributed by atoms with Gasteiger partial charge in [-0.1, -0.05) is 25.0 Å². The first-order chi connectivity index (χ1) is 13.9. The van der Waals surface area contributed by atoms with Crippen molar-refractivity contribution in [2.75, 3.05) is 32.7 Å².